The van der Waals surface area contributed by atoms with Crippen LogP contribution < -0.4 is 0 Å². The first-order chi connectivity index (χ1) is 4.75. The molecule has 0 aliphatic carbocycles. The topological polar surface area (TPSA) is 12.9 Å². The molecule has 0 fully saturated rings. The van der Waals surface area contributed by atoms with Gasteiger partial charge in [-0.3, -0.25) is 0 Å². The average Bonchev–Trinajstić information content (AvgIpc) is 1.88. The Bertz CT molecular complexity index is 221. The summed E-state index contributed by atoms with van der Waals surface area (Å²) in [6.07, 6.45) is 1.46. The first-order valence-corrected chi connectivity index (χ1v) is 4.80. The fourth-order valence-electron chi connectivity index (χ4n) is 0.564. The lowest BCUT2D eigenvalue weighted by Crippen LogP contribution is -1.92. The second-order valence-corrected chi connectivity index (χ2v) is 3.42. The molecule has 1 aromatic rings. The minimum atomic E-state index is -0.385. The maximum Gasteiger partial charge on any atom is 0.217 e. The first-order valence-electron chi connectivity index (χ1n) is 2.60. The number of nitrogens with zero attached hydrogens (tertiary/aromatic N) is 1. The van der Waals surface area contributed by atoms with E-state index in [1.165, 1.54) is 6.20 Å². The zero-order valence-electron chi connectivity index (χ0n) is 4.94. The van der Waals surface area contributed by atoms with E-state index in [0.29, 0.717) is 10.9 Å². The number of halogens is 3. The third-order valence-electron chi connectivity index (χ3n) is 1.08. The van der Waals surface area contributed by atoms with Crippen molar-refractivity contribution in [1.29, 1.82) is 0 Å². The molecule has 1 heterocycles. The highest BCUT2D eigenvalue weighted by Crippen LogP contribution is 2.16. The molecule has 0 atom stereocenters. The molecule has 10 heavy (non-hydrogen) atoms. The van der Waals surface area contributed by atoms with E-state index >= 15 is 0 Å². The Labute approximate surface area is 80.3 Å². The van der Waals surface area contributed by atoms with Gasteiger partial charge in [0.25, 0.3) is 0 Å². The summed E-state index contributed by atoms with van der Waals surface area (Å²) in [7, 11) is 0. The van der Waals surface area contributed by atoms with Crippen molar-refractivity contribution in [3.05, 3.63) is 27.3 Å². The minimum Gasteiger partial charge on any atom is -0.228 e. The Morgan fingerprint density at radius 1 is 1.70 bits per heavy atom. The van der Waals surface area contributed by atoms with E-state index in [-0.39, 0.29) is 5.95 Å². The summed E-state index contributed by atoms with van der Waals surface area (Å²) in [5.41, 5.74) is 0.628. The fourth-order valence-corrected chi connectivity index (χ4v) is 2.20. The molecule has 1 nitrogen and oxygen atoms in total. The molecule has 0 saturated carbocycles. The number of rotatable bonds is 1. The van der Waals surface area contributed by atoms with Crippen LogP contribution in [0.2, 0.25) is 0 Å². The molecule has 4 heteroatoms. The molecule has 0 spiro atoms. The van der Waals surface area contributed by atoms with E-state index in [1.54, 1.807) is 6.07 Å². The van der Waals surface area contributed by atoms with Gasteiger partial charge in [0.05, 0.1) is 0 Å². The molecule has 1 rings (SSSR count). The van der Waals surface area contributed by atoms with Gasteiger partial charge in [0.15, 0.2) is 0 Å². The predicted octanol–water partition coefficient (Wildman–Crippen LogP) is 2.72. The van der Waals surface area contributed by atoms with E-state index in [4.69, 9.17) is 0 Å². The van der Waals surface area contributed by atoms with Crippen LogP contribution in [0.15, 0.2) is 12.3 Å². The average molecular weight is 316 g/mol. The summed E-state index contributed by atoms with van der Waals surface area (Å²) < 4.78 is 13.6. The van der Waals surface area contributed by atoms with Crippen LogP contribution in [-0.2, 0) is 5.33 Å². The van der Waals surface area contributed by atoms with Gasteiger partial charge in [-0.1, -0.05) is 15.9 Å². The maximum absolute atomic E-state index is 12.7. The van der Waals surface area contributed by atoms with Gasteiger partial charge >= 0.3 is 0 Å². The van der Waals surface area contributed by atoms with Crippen molar-refractivity contribution in [2.75, 3.05) is 0 Å². The van der Waals surface area contributed by atoms with Gasteiger partial charge < -0.3 is 0 Å². The number of hydrogen-bond acceptors (Lipinski definition) is 1. The van der Waals surface area contributed by atoms with Crippen LogP contribution in [0.25, 0.3) is 0 Å². The Kier molecular flexibility index (Phi) is 3.03. The SMILES string of the molecule is Fc1nccc(I)c1CBr. The Morgan fingerprint density at radius 3 is 2.80 bits per heavy atom. The molecule has 54 valence electrons. The zero-order chi connectivity index (χ0) is 7.56. The molecule has 0 radical (unpaired) electrons. The molecule has 0 aliphatic heterocycles. The lowest BCUT2D eigenvalue weighted by Gasteiger charge is -1.98. The van der Waals surface area contributed by atoms with Crippen LogP contribution in [0.3, 0.4) is 0 Å². The standard InChI is InChI=1S/C6H4BrFIN/c7-3-4-5(9)1-2-10-6(4)8/h1-2H,3H2. The maximum atomic E-state index is 12.7. The van der Waals surface area contributed by atoms with Gasteiger partial charge in [-0.05, 0) is 28.7 Å². The first kappa shape index (κ1) is 8.39. The van der Waals surface area contributed by atoms with Gasteiger partial charge in [0.2, 0.25) is 5.95 Å². The third kappa shape index (κ3) is 1.66. The van der Waals surface area contributed by atoms with Crippen molar-refractivity contribution in [2.24, 2.45) is 0 Å². The van der Waals surface area contributed by atoms with Crippen molar-refractivity contribution >= 4 is 38.5 Å². The van der Waals surface area contributed by atoms with Gasteiger partial charge in [-0.2, -0.15) is 4.39 Å². The quantitative estimate of drug-likeness (QED) is 0.441. The van der Waals surface area contributed by atoms with Crippen LogP contribution in [-0.4, -0.2) is 4.98 Å². The highest BCUT2D eigenvalue weighted by molar-refractivity contribution is 14.1. The molecule has 0 aromatic carbocycles. The Hall–Kier alpha value is 0.290. The normalized spacial score (nSPS) is 9.90. The number of pyridine rings is 1. The van der Waals surface area contributed by atoms with Crippen molar-refractivity contribution in [3.8, 4) is 0 Å². The lowest BCUT2D eigenvalue weighted by molar-refractivity contribution is 0.572. The number of hydrogen-bond donors (Lipinski definition) is 0. The Morgan fingerprint density at radius 2 is 2.40 bits per heavy atom. The number of alkyl halides is 1. The van der Waals surface area contributed by atoms with E-state index in [2.05, 4.69) is 43.5 Å². The number of aromatic nitrogens is 1. The summed E-state index contributed by atoms with van der Waals surface area (Å²) in [4.78, 5) is 3.51. The largest absolute Gasteiger partial charge is 0.228 e. The predicted molar refractivity (Wildman–Crippen MR) is 49.5 cm³/mol. The molecule has 0 aliphatic rings. The summed E-state index contributed by atoms with van der Waals surface area (Å²) in [5.74, 6) is -0.385. The van der Waals surface area contributed by atoms with E-state index < -0.39 is 0 Å². The fraction of sp³-hybridized carbons (Fsp3) is 0.167. The molecule has 0 bridgehead atoms. The monoisotopic (exact) mass is 315 g/mol. The van der Waals surface area contributed by atoms with Crippen LogP contribution in [0, 0.1) is 9.52 Å². The van der Waals surface area contributed by atoms with Crippen molar-refractivity contribution < 1.29 is 4.39 Å². The third-order valence-corrected chi connectivity index (χ3v) is 2.65. The minimum absolute atomic E-state index is 0.385. The summed E-state index contributed by atoms with van der Waals surface area (Å²) in [5, 5.41) is 0.519. The summed E-state index contributed by atoms with van der Waals surface area (Å²) >= 11 is 5.25. The van der Waals surface area contributed by atoms with Crippen molar-refractivity contribution in [2.45, 2.75) is 5.33 Å². The molecule has 0 N–H and O–H groups in total. The summed E-state index contributed by atoms with van der Waals surface area (Å²) in [6, 6.07) is 1.78. The molecule has 0 unspecified atom stereocenters. The van der Waals surface area contributed by atoms with Crippen LogP contribution >= 0.6 is 38.5 Å². The van der Waals surface area contributed by atoms with Crippen LogP contribution in [0.1, 0.15) is 5.56 Å². The second kappa shape index (κ2) is 3.61. The van der Waals surface area contributed by atoms with Gasteiger partial charge in [0.1, 0.15) is 0 Å². The zero-order valence-corrected chi connectivity index (χ0v) is 8.69. The van der Waals surface area contributed by atoms with E-state index in [1.807, 2.05) is 0 Å². The molecular formula is C6H4BrFIN. The van der Waals surface area contributed by atoms with Crippen LogP contribution in [0.5, 0.6) is 0 Å². The van der Waals surface area contributed by atoms with Gasteiger partial charge in [-0.25, -0.2) is 4.98 Å². The molecular weight excluding hydrogens is 312 g/mol. The smallest absolute Gasteiger partial charge is 0.217 e. The van der Waals surface area contributed by atoms with E-state index in [0.717, 1.165) is 3.57 Å². The van der Waals surface area contributed by atoms with Crippen molar-refractivity contribution in [3.63, 3.8) is 0 Å². The molecule has 0 amide bonds. The second-order valence-electron chi connectivity index (χ2n) is 1.70. The van der Waals surface area contributed by atoms with Gasteiger partial charge in [-0.15, -0.1) is 0 Å². The highest BCUT2D eigenvalue weighted by atomic mass is 127. The molecule has 1 aromatic heterocycles. The molecule has 0 saturated heterocycles. The lowest BCUT2D eigenvalue weighted by atomic mass is 10.3. The van der Waals surface area contributed by atoms with Gasteiger partial charge in [0, 0.05) is 20.7 Å². The summed E-state index contributed by atoms with van der Waals surface area (Å²) in [6.45, 7) is 0. The van der Waals surface area contributed by atoms with Crippen LogP contribution in [0.4, 0.5) is 4.39 Å². The Balaban J connectivity index is 3.17. The van der Waals surface area contributed by atoms with E-state index in [9.17, 15) is 4.39 Å². The van der Waals surface area contributed by atoms with Crippen molar-refractivity contribution in [1.82, 2.24) is 4.98 Å². The highest BCUT2D eigenvalue weighted by Gasteiger charge is 2.04.